The molecule has 12 heteroatoms. The quantitative estimate of drug-likeness (QED) is 0.215. The molecule has 2 aromatic carbocycles. The van der Waals surface area contributed by atoms with Crippen molar-refractivity contribution in [1.82, 2.24) is 19.8 Å². The van der Waals surface area contributed by atoms with Gasteiger partial charge in [0.25, 0.3) is 0 Å². The zero-order valence-corrected chi connectivity index (χ0v) is 27.2. The minimum atomic E-state index is -1.15. The van der Waals surface area contributed by atoms with Crippen molar-refractivity contribution in [2.75, 3.05) is 19.7 Å². The predicted octanol–water partition coefficient (Wildman–Crippen LogP) is 5.79. The molecule has 3 N–H and O–H groups in total. The van der Waals surface area contributed by atoms with Crippen LogP contribution >= 0.6 is 0 Å². The van der Waals surface area contributed by atoms with Crippen molar-refractivity contribution in [3.8, 4) is 11.3 Å². The van der Waals surface area contributed by atoms with Gasteiger partial charge in [-0.1, -0.05) is 51.1 Å². The first-order chi connectivity index (χ1) is 21.5. The molecule has 1 aromatic heterocycles. The van der Waals surface area contributed by atoms with Gasteiger partial charge in [0.2, 0.25) is 5.91 Å². The fourth-order valence-electron chi connectivity index (χ4n) is 5.09. The van der Waals surface area contributed by atoms with Crippen LogP contribution in [0.25, 0.3) is 11.3 Å². The summed E-state index contributed by atoms with van der Waals surface area (Å²) in [7, 11) is 0. The van der Waals surface area contributed by atoms with Crippen molar-refractivity contribution in [2.24, 2.45) is 11.3 Å². The summed E-state index contributed by atoms with van der Waals surface area (Å²) in [6.07, 6.45) is 0.156. The first kappa shape index (κ1) is 36.2. The number of carbonyl (C=O) groups is 3. The number of halogens is 2. The number of ether oxygens (including phenoxy) is 1. The second kappa shape index (κ2) is 15.3. The standard InChI is InChI=1S/C34H44F2N4O6/c1-33(2,3)30(40(28(42)14-15-29(43)44)19-23(21-41)17-37-32(45)46-34(4,5)6)31-38-27(25-16-24(35)12-13-26(25)36)20-39(31)18-22-10-8-7-9-11-22/h7-13,16,20,23,30,41H,14-15,17-19,21H2,1-6H3,(H,37,45)(H,43,44)/t23?,30-/m0/s1. The number of nitrogens with zero attached hydrogens (tertiary/aromatic N) is 3. The molecule has 2 atom stereocenters. The summed E-state index contributed by atoms with van der Waals surface area (Å²) in [6.45, 7) is 10.6. The number of imidazole rings is 1. The molecule has 0 aliphatic carbocycles. The third-order valence-corrected chi connectivity index (χ3v) is 7.10. The van der Waals surface area contributed by atoms with Crippen molar-refractivity contribution in [3.05, 3.63) is 77.8 Å². The minimum Gasteiger partial charge on any atom is -0.481 e. The first-order valence-corrected chi connectivity index (χ1v) is 15.1. The van der Waals surface area contributed by atoms with E-state index in [2.05, 4.69) is 5.32 Å². The molecule has 0 spiro atoms. The molecule has 0 saturated carbocycles. The van der Waals surface area contributed by atoms with E-state index in [9.17, 15) is 33.4 Å². The molecule has 0 fully saturated rings. The summed E-state index contributed by atoms with van der Waals surface area (Å²) in [4.78, 5) is 43.9. The molecule has 0 aliphatic rings. The number of aliphatic hydroxyl groups excluding tert-OH is 1. The van der Waals surface area contributed by atoms with Crippen LogP contribution in [-0.4, -0.2) is 67.9 Å². The molecule has 0 radical (unpaired) electrons. The molecular formula is C34H44F2N4O6. The number of hydrogen-bond acceptors (Lipinski definition) is 6. The fourth-order valence-corrected chi connectivity index (χ4v) is 5.09. The van der Waals surface area contributed by atoms with Gasteiger partial charge in [0.05, 0.1) is 18.2 Å². The zero-order chi connectivity index (χ0) is 34.2. The van der Waals surface area contributed by atoms with Crippen LogP contribution in [0.5, 0.6) is 0 Å². The number of carboxylic acid groups (broad SMARTS) is 1. The van der Waals surface area contributed by atoms with Gasteiger partial charge in [-0.15, -0.1) is 0 Å². The number of alkyl carbamates (subject to hydrolysis) is 1. The summed E-state index contributed by atoms with van der Waals surface area (Å²) < 4.78 is 36.3. The van der Waals surface area contributed by atoms with Crippen LogP contribution in [0.4, 0.5) is 13.6 Å². The van der Waals surface area contributed by atoms with E-state index in [1.54, 1.807) is 31.5 Å². The van der Waals surface area contributed by atoms with Crippen molar-refractivity contribution in [3.63, 3.8) is 0 Å². The van der Waals surface area contributed by atoms with Gasteiger partial charge in [-0.05, 0) is 49.9 Å². The monoisotopic (exact) mass is 642 g/mol. The Morgan fingerprint density at radius 2 is 1.70 bits per heavy atom. The van der Waals surface area contributed by atoms with E-state index in [1.165, 1.54) is 4.90 Å². The lowest BCUT2D eigenvalue weighted by Crippen LogP contribution is -2.47. The number of hydrogen-bond donors (Lipinski definition) is 3. The Labute approximate surface area is 268 Å². The lowest BCUT2D eigenvalue weighted by molar-refractivity contribution is -0.143. The number of benzene rings is 2. The highest BCUT2D eigenvalue weighted by atomic mass is 19.1. The molecule has 3 aromatic rings. The van der Waals surface area contributed by atoms with E-state index in [1.807, 2.05) is 51.1 Å². The molecule has 250 valence electrons. The van der Waals surface area contributed by atoms with Gasteiger partial charge >= 0.3 is 12.1 Å². The van der Waals surface area contributed by atoms with Crippen LogP contribution in [0.2, 0.25) is 0 Å². The fraction of sp³-hybridized carbons (Fsp3) is 0.471. The molecule has 2 amide bonds. The largest absolute Gasteiger partial charge is 0.481 e. The lowest BCUT2D eigenvalue weighted by Gasteiger charge is -2.41. The molecule has 0 aliphatic heterocycles. The van der Waals surface area contributed by atoms with Crippen LogP contribution < -0.4 is 5.32 Å². The number of rotatable bonds is 13. The second-order valence-electron chi connectivity index (χ2n) is 13.4. The number of aromatic nitrogens is 2. The number of carboxylic acids is 1. The Morgan fingerprint density at radius 3 is 2.28 bits per heavy atom. The Morgan fingerprint density at radius 1 is 1.02 bits per heavy atom. The normalized spacial score (nSPS) is 13.2. The zero-order valence-electron chi connectivity index (χ0n) is 27.2. The van der Waals surface area contributed by atoms with Gasteiger partial charge in [0, 0.05) is 50.3 Å². The summed E-state index contributed by atoms with van der Waals surface area (Å²) in [5, 5.41) is 22.3. The number of nitrogens with one attached hydrogen (secondary N) is 1. The van der Waals surface area contributed by atoms with Crippen molar-refractivity contribution in [1.29, 1.82) is 0 Å². The Balaban J connectivity index is 2.14. The van der Waals surface area contributed by atoms with Crippen LogP contribution in [0.3, 0.4) is 0 Å². The van der Waals surface area contributed by atoms with Gasteiger partial charge in [0.1, 0.15) is 23.1 Å². The highest BCUT2D eigenvalue weighted by Crippen LogP contribution is 2.40. The average molecular weight is 643 g/mol. The van der Waals surface area contributed by atoms with Crippen LogP contribution in [0.1, 0.15) is 71.8 Å². The summed E-state index contributed by atoms with van der Waals surface area (Å²) in [6, 6.07) is 11.7. The predicted molar refractivity (Wildman–Crippen MR) is 169 cm³/mol. The molecular weight excluding hydrogens is 598 g/mol. The highest BCUT2D eigenvalue weighted by Gasteiger charge is 2.39. The Bertz CT molecular complexity index is 1500. The number of aliphatic carboxylic acids is 1. The van der Waals surface area contributed by atoms with Gasteiger partial charge < -0.3 is 29.7 Å². The maximum absolute atomic E-state index is 15.0. The van der Waals surface area contributed by atoms with Crippen LogP contribution in [0, 0.1) is 23.0 Å². The van der Waals surface area contributed by atoms with Crippen molar-refractivity contribution >= 4 is 18.0 Å². The van der Waals surface area contributed by atoms with E-state index in [0.717, 1.165) is 23.8 Å². The van der Waals surface area contributed by atoms with Crippen LogP contribution in [-0.2, 0) is 20.9 Å². The number of aliphatic hydroxyl groups is 1. The number of amides is 2. The molecule has 3 rings (SSSR count). The Hall–Kier alpha value is -4.32. The maximum atomic E-state index is 15.0. The molecule has 46 heavy (non-hydrogen) atoms. The smallest absolute Gasteiger partial charge is 0.407 e. The van der Waals surface area contributed by atoms with Crippen molar-refractivity contribution < 1.29 is 38.1 Å². The third-order valence-electron chi connectivity index (χ3n) is 7.10. The molecule has 0 bridgehead atoms. The summed E-state index contributed by atoms with van der Waals surface area (Å²) in [5.41, 5.74) is -0.489. The lowest BCUT2D eigenvalue weighted by atomic mass is 9.84. The van der Waals surface area contributed by atoms with Gasteiger partial charge in [0.15, 0.2) is 0 Å². The molecule has 1 heterocycles. The van der Waals surface area contributed by atoms with E-state index >= 15 is 0 Å². The third kappa shape index (κ3) is 10.4. The van der Waals surface area contributed by atoms with E-state index in [-0.39, 0.29) is 37.3 Å². The SMILES string of the molecule is CC(C)(C)OC(=O)NCC(CO)CN(C(=O)CCC(=O)O)[C@@H](c1nc(-c2cc(F)ccc2F)cn1Cc1ccccc1)C(C)(C)C. The van der Waals surface area contributed by atoms with Gasteiger partial charge in [-0.25, -0.2) is 18.6 Å². The van der Waals surface area contributed by atoms with Crippen LogP contribution in [0.15, 0.2) is 54.7 Å². The van der Waals surface area contributed by atoms with E-state index in [4.69, 9.17) is 9.72 Å². The molecule has 1 unspecified atom stereocenters. The van der Waals surface area contributed by atoms with E-state index in [0.29, 0.717) is 5.82 Å². The average Bonchev–Trinajstić information content (AvgIpc) is 3.35. The number of carbonyl (C=O) groups excluding carboxylic acids is 2. The first-order valence-electron chi connectivity index (χ1n) is 15.1. The second-order valence-corrected chi connectivity index (χ2v) is 13.4. The van der Waals surface area contributed by atoms with Gasteiger partial charge in [-0.3, -0.25) is 9.59 Å². The minimum absolute atomic E-state index is 0.0385. The Kier molecular flexibility index (Phi) is 12.0. The molecule has 10 nitrogen and oxygen atoms in total. The molecule has 0 saturated heterocycles. The van der Waals surface area contributed by atoms with E-state index < -0.39 is 65.6 Å². The summed E-state index contributed by atoms with van der Waals surface area (Å²) in [5.74, 6) is -3.28. The van der Waals surface area contributed by atoms with Gasteiger partial charge in [-0.2, -0.15) is 0 Å². The summed E-state index contributed by atoms with van der Waals surface area (Å²) >= 11 is 0. The van der Waals surface area contributed by atoms with Crippen molar-refractivity contribution in [2.45, 2.75) is 72.6 Å². The highest BCUT2D eigenvalue weighted by molar-refractivity contribution is 5.81. The topological polar surface area (TPSA) is 134 Å². The maximum Gasteiger partial charge on any atom is 0.407 e.